The summed E-state index contributed by atoms with van der Waals surface area (Å²) >= 11 is 0. The Labute approximate surface area is 620 Å². The van der Waals surface area contributed by atoms with Gasteiger partial charge < -0.3 is 33.8 Å². The van der Waals surface area contributed by atoms with Gasteiger partial charge in [-0.15, -0.1) is 0 Å². The first-order chi connectivity index (χ1) is 49.7. The Morgan fingerprint density at radius 3 is 0.853 bits per heavy atom. The van der Waals surface area contributed by atoms with E-state index in [-0.39, 0.29) is 25.7 Å². The van der Waals surface area contributed by atoms with Crippen LogP contribution in [0.2, 0.25) is 0 Å². The van der Waals surface area contributed by atoms with E-state index in [0.717, 1.165) is 154 Å². The molecule has 0 rings (SSSR count). The van der Waals surface area contributed by atoms with E-state index in [4.69, 9.17) is 37.0 Å². The van der Waals surface area contributed by atoms with E-state index >= 15 is 0 Å². The second-order valence-electron chi connectivity index (χ2n) is 27.0. The van der Waals surface area contributed by atoms with Crippen LogP contribution >= 0.6 is 15.6 Å². The molecule has 0 aromatic carbocycles. The van der Waals surface area contributed by atoms with E-state index in [9.17, 15) is 43.2 Å². The molecule has 590 valence electrons. The molecule has 0 bridgehead atoms. The monoisotopic (exact) mass is 1480 g/mol. The van der Waals surface area contributed by atoms with Crippen LogP contribution in [0.3, 0.4) is 0 Å². The van der Waals surface area contributed by atoms with Crippen LogP contribution in [-0.2, 0) is 65.4 Å². The van der Waals surface area contributed by atoms with Crippen molar-refractivity contribution in [1.82, 2.24) is 0 Å². The Hall–Kier alpha value is -4.02. The number of aliphatic hydroxyl groups is 1. The summed E-state index contributed by atoms with van der Waals surface area (Å²) in [6.45, 7) is 4.69. The number of allylic oxidation sites excluding steroid dienone is 16. The molecule has 0 aliphatic carbocycles. The van der Waals surface area contributed by atoms with Crippen molar-refractivity contribution in [1.29, 1.82) is 0 Å². The standard InChI is InChI=1S/C83H146O17P2/c1-5-9-13-17-21-25-29-33-36-37-38-39-42-44-48-52-56-60-64-68-81(86)94-74-79(100-83(88)70-66-62-58-54-50-46-41-35-31-27-23-19-15-11-7-3)76-98-102(91,92)96-72-77(84)71-95-101(89,90)97-75-78(73-93-80(85)67-63-59-55-51-47-43-32-28-24-20-16-12-8-4)99-82(87)69-65-61-57-53-49-45-40-34-30-26-22-18-14-10-6-2/h9,13,21,25-27,30-31,33,36,38-39,44,48,56,60,77-79,84H,5-8,10-12,14-20,22-24,28-29,32,34-35,37,40-43,45-47,49-55,57-59,61-76H2,1-4H3,(H,89,90)(H,91,92)/b13-9-,25-21-,30-26-,31-27-,36-33-,39-38-,48-44-,60-56-/t77-,78+,79+/m0/s1. The zero-order valence-corrected chi connectivity index (χ0v) is 66.3. The maximum absolute atomic E-state index is 13.1. The molecule has 17 nitrogen and oxygen atoms in total. The molecule has 19 heteroatoms. The average Bonchev–Trinajstić information content (AvgIpc) is 0.920. The Bertz CT molecular complexity index is 2310. The molecule has 0 spiro atoms. The number of carbonyl (C=O) groups excluding carboxylic acids is 4. The summed E-state index contributed by atoms with van der Waals surface area (Å²) in [5.41, 5.74) is 0. The van der Waals surface area contributed by atoms with Gasteiger partial charge in [0.25, 0.3) is 0 Å². The Morgan fingerprint density at radius 1 is 0.284 bits per heavy atom. The first-order valence-corrected chi connectivity index (χ1v) is 43.5. The van der Waals surface area contributed by atoms with Crippen LogP contribution in [0.5, 0.6) is 0 Å². The Morgan fingerprint density at radius 2 is 0.529 bits per heavy atom. The molecule has 0 saturated heterocycles. The molecule has 0 aliphatic heterocycles. The van der Waals surface area contributed by atoms with E-state index in [2.05, 4.69) is 107 Å². The molecule has 0 radical (unpaired) electrons. The normalized spacial score (nSPS) is 14.4. The number of rotatable bonds is 76. The van der Waals surface area contributed by atoms with Crippen molar-refractivity contribution in [3.05, 3.63) is 97.2 Å². The van der Waals surface area contributed by atoms with Crippen LogP contribution in [-0.4, -0.2) is 96.7 Å². The van der Waals surface area contributed by atoms with Gasteiger partial charge in [-0.2, -0.15) is 0 Å². The van der Waals surface area contributed by atoms with E-state index in [1.54, 1.807) is 0 Å². The molecule has 0 saturated carbocycles. The fourth-order valence-corrected chi connectivity index (χ4v) is 12.5. The minimum Gasteiger partial charge on any atom is -0.462 e. The lowest BCUT2D eigenvalue weighted by molar-refractivity contribution is -0.161. The molecular formula is C83H146O17P2. The lowest BCUT2D eigenvalue weighted by Crippen LogP contribution is -2.30. The van der Waals surface area contributed by atoms with Crippen molar-refractivity contribution in [3.8, 4) is 0 Å². The van der Waals surface area contributed by atoms with Crippen LogP contribution in [0.1, 0.15) is 349 Å². The molecule has 0 aromatic rings. The summed E-state index contributed by atoms with van der Waals surface area (Å²) < 4.78 is 68.6. The van der Waals surface area contributed by atoms with Gasteiger partial charge in [-0.1, -0.05) is 305 Å². The predicted molar refractivity (Wildman–Crippen MR) is 418 cm³/mol. The van der Waals surface area contributed by atoms with Gasteiger partial charge in [0.1, 0.15) is 19.3 Å². The molecule has 0 fully saturated rings. The van der Waals surface area contributed by atoms with Crippen molar-refractivity contribution in [3.63, 3.8) is 0 Å². The molecule has 2 unspecified atom stereocenters. The second kappa shape index (κ2) is 75.2. The van der Waals surface area contributed by atoms with Gasteiger partial charge in [-0.25, -0.2) is 9.13 Å². The zero-order valence-electron chi connectivity index (χ0n) is 64.5. The highest BCUT2D eigenvalue weighted by Gasteiger charge is 2.30. The summed E-state index contributed by atoms with van der Waals surface area (Å²) in [5.74, 6) is -2.26. The van der Waals surface area contributed by atoms with Gasteiger partial charge in [0.2, 0.25) is 0 Å². The van der Waals surface area contributed by atoms with Crippen molar-refractivity contribution in [2.75, 3.05) is 39.6 Å². The first kappa shape index (κ1) is 98.0. The Balaban J connectivity index is 5.40. The molecule has 0 aromatic heterocycles. The number of hydrogen-bond donors (Lipinski definition) is 3. The van der Waals surface area contributed by atoms with Crippen LogP contribution in [0.15, 0.2) is 97.2 Å². The third-order valence-corrected chi connectivity index (χ3v) is 18.9. The smallest absolute Gasteiger partial charge is 0.462 e. The number of phosphoric ester groups is 2. The van der Waals surface area contributed by atoms with Crippen LogP contribution in [0.25, 0.3) is 0 Å². The van der Waals surface area contributed by atoms with Gasteiger partial charge in [0, 0.05) is 25.7 Å². The van der Waals surface area contributed by atoms with Crippen molar-refractivity contribution < 1.29 is 80.2 Å². The summed E-state index contributed by atoms with van der Waals surface area (Å²) in [6, 6.07) is 0. The van der Waals surface area contributed by atoms with Crippen LogP contribution in [0.4, 0.5) is 0 Å². The van der Waals surface area contributed by atoms with E-state index in [0.29, 0.717) is 32.1 Å². The van der Waals surface area contributed by atoms with Crippen molar-refractivity contribution in [2.45, 2.75) is 367 Å². The summed E-state index contributed by atoms with van der Waals surface area (Å²) in [5, 5.41) is 10.6. The number of hydrogen-bond acceptors (Lipinski definition) is 15. The van der Waals surface area contributed by atoms with Gasteiger partial charge in [0.15, 0.2) is 12.2 Å². The molecule has 0 heterocycles. The van der Waals surface area contributed by atoms with Crippen LogP contribution < -0.4 is 0 Å². The van der Waals surface area contributed by atoms with Gasteiger partial charge in [-0.05, 0) is 116 Å². The number of ether oxygens (including phenoxy) is 4. The number of phosphoric acid groups is 2. The maximum Gasteiger partial charge on any atom is 0.472 e. The summed E-state index contributed by atoms with van der Waals surface area (Å²) in [6.07, 6.45) is 79.6. The molecule has 3 N–H and O–H groups in total. The lowest BCUT2D eigenvalue weighted by Gasteiger charge is -2.21. The number of unbranched alkanes of at least 4 members (excludes halogenated alkanes) is 34. The first-order valence-electron chi connectivity index (χ1n) is 40.5. The molecular weight excluding hydrogens is 1330 g/mol. The second-order valence-corrected chi connectivity index (χ2v) is 29.9. The van der Waals surface area contributed by atoms with Crippen molar-refractivity contribution in [2.24, 2.45) is 0 Å². The zero-order chi connectivity index (χ0) is 74.6. The minimum absolute atomic E-state index is 0.0361. The third kappa shape index (κ3) is 74.3. The van der Waals surface area contributed by atoms with Gasteiger partial charge in [0.05, 0.1) is 26.4 Å². The average molecular weight is 1480 g/mol. The SMILES string of the molecule is CC/C=C\C/C=C\C/C=C\C/C=C\C/C=C\C/C=C\CCC(=O)OC[C@H](COP(=O)(O)OC[C@@H](O)COP(=O)(O)OC[C@@H](COC(=O)CCCCCCCCCCCCCCC)OC(=O)CCCCCCCCC/C=C\CCCCCC)OC(=O)CCCCCCCCC/C=C\CCCCCC. The number of carbonyl (C=O) groups is 4. The highest BCUT2D eigenvalue weighted by molar-refractivity contribution is 7.47. The summed E-state index contributed by atoms with van der Waals surface area (Å²) in [7, 11) is -9.97. The van der Waals surface area contributed by atoms with Crippen LogP contribution in [0, 0.1) is 0 Å². The topological polar surface area (TPSA) is 237 Å². The quantitative estimate of drug-likeness (QED) is 0.0169. The highest BCUT2D eigenvalue weighted by atomic mass is 31.2. The largest absolute Gasteiger partial charge is 0.472 e. The van der Waals surface area contributed by atoms with E-state index in [1.807, 2.05) is 18.2 Å². The predicted octanol–water partition coefficient (Wildman–Crippen LogP) is 23.6. The van der Waals surface area contributed by atoms with E-state index in [1.165, 1.54) is 109 Å². The fraction of sp³-hybridized carbons (Fsp3) is 0.759. The number of esters is 4. The van der Waals surface area contributed by atoms with Gasteiger partial charge >= 0.3 is 39.5 Å². The third-order valence-electron chi connectivity index (χ3n) is 17.0. The maximum atomic E-state index is 13.1. The molecule has 0 aliphatic rings. The summed E-state index contributed by atoms with van der Waals surface area (Å²) in [4.78, 5) is 73.0. The fourth-order valence-electron chi connectivity index (χ4n) is 10.9. The minimum atomic E-state index is -4.99. The number of aliphatic hydroxyl groups excluding tert-OH is 1. The molecule has 102 heavy (non-hydrogen) atoms. The van der Waals surface area contributed by atoms with Crippen molar-refractivity contribution >= 4 is 39.5 Å². The van der Waals surface area contributed by atoms with Gasteiger partial charge in [-0.3, -0.25) is 37.3 Å². The molecule has 0 amide bonds. The Kier molecular flexibility index (Phi) is 72.3. The van der Waals surface area contributed by atoms with E-state index < -0.39 is 97.5 Å². The lowest BCUT2D eigenvalue weighted by atomic mass is 10.0. The molecule has 5 atom stereocenters. The highest BCUT2D eigenvalue weighted by Crippen LogP contribution is 2.45.